The van der Waals surface area contributed by atoms with Gasteiger partial charge in [-0.3, -0.25) is 0 Å². The fourth-order valence-electron chi connectivity index (χ4n) is 2.50. The van der Waals surface area contributed by atoms with E-state index in [0.29, 0.717) is 32.8 Å². The Balaban J connectivity index is 2.03. The molecule has 3 rings (SSSR count). The smallest absolute Gasteiger partial charge is 0.237 e. The summed E-state index contributed by atoms with van der Waals surface area (Å²) in [5.74, 6) is 0.907. The fraction of sp³-hybridized carbons (Fsp3) is 0.158. The van der Waals surface area contributed by atoms with Crippen molar-refractivity contribution >= 4 is 46.2 Å². The highest BCUT2D eigenvalue weighted by Gasteiger charge is 2.21. The van der Waals surface area contributed by atoms with Gasteiger partial charge in [-0.25, -0.2) is 14.8 Å². The number of anilines is 1. The van der Waals surface area contributed by atoms with Crippen LogP contribution in [0.15, 0.2) is 34.8 Å². The van der Waals surface area contributed by atoms with Crippen LogP contribution >= 0.6 is 34.7 Å². The first-order chi connectivity index (χ1) is 14.1. The number of aliphatic hydroxyl groups excluding tert-OH is 1. The molecule has 0 aliphatic carbocycles. The number of hydrogen-bond donors (Lipinski definition) is 2. The van der Waals surface area contributed by atoms with Crippen molar-refractivity contribution in [3.8, 4) is 23.1 Å². The summed E-state index contributed by atoms with van der Waals surface area (Å²) in [7, 11) is 0. The van der Waals surface area contributed by atoms with E-state index in [4.69, 9.17) is 33.8 Å². The minimum absolute atomic E-state index is 0.0504. The molecular formula is C19H14ClN5O2S2. The summed E-state index contributed by atoms with van der Waals surface area (Å²) in [4.78, 5) is 12.9. The number of thioether (sulfide) groups is 1. The van der Waals surface area contributed by atoms with Gasteiger partial charge in [0.15, 0.2) is 0 Å². The van der Waals surface area contributed by atoms with Gasteiger partial charge in [0, 0.05) is 28.5 Å². The number of hydrogen-bond acceptors (Lipinski definition) is 8. The first-order valence-electron chi connectivity index (χ1n) is 8.24. The summed E-state index contributed by atoms with van der Waals surface area (Å²) in [6.45, 7) is 7.49. The van der Waals surface area contributed by atoms with Gasteiger partial charge in [0.25, 0.3) is 0 Å². The van der Waals surface area contributed by atoms with Crippen LogP contribution < -0.4 is 10.5 Å². The molecule has 0 fully saturated rings. The topological polar surface area (TPSA) is 109 Å². The zero-order valence-corrected chi connectivity index (χ0v) is 17.3. The maximum absolute atomic E-state index is 9.81. The van der Waals surface area contributed by atoms with Crippen molar-refractivity contribution in [1.29, 1.82) is 5.26 Å². The number of halogens is 1. The number of thiophene rings is 1. The monoisotopic (exact) mass is 443 g/mol. The molecule has 3 heterocycles. The molecular weight excluding hydrogens is 430 g/mol. The zero-order chi connectivity index (χ0) is 20.8. The predicted molar refractivity (Wildman–Crippen MR) is 114 cm³/mol. The van der Waals surface area contributed by atoms with Gasteiger partial charge >= 0.3 is 0 Å². The van der Waals surface area contributed by atoms with Crippen LogP contribution in [0.2, 0.25) is 5.02 Å². The maximum Gasteiger partial charge on any atom is 0.237 e. The summed E-state index contributed by atoms with van der Waals surface area (Å²) in [6, 6.07) is 7.26. The molecule has 0 saturated heterocycles. The number of nitrogens with zero attached hydrogens (tertiary/aromatic N) is 4. The van der Waals surface area contributed by atoms with Gasteiger partial charge < -0.3 is 15.6 Å². The fourth-order valence-corrected chi connectivity index (χ4v) is 4.79. The number of ether oxygens (including phenoxy) is 1. The third-order valence-electron chi connectivity index (χ3n) is 3.79. The standard InChI is InChI=1S/C19H14ClN5O2S2/c1-23-17-16(11-2-3-15(24-9-11)27-6-5-26)12(8-21)19(25-18(17)22)29-10-14-13(20)4-7-28-14/h2-4,7,9,26H,5-6,10H2,(H2,22,25). The van der Waals surface area contributed by atoms with E-state index in [9.17, 15) is 5.26 Å². The van der Waals surface area contributed by atoms with Crippen LogP contribution in [-0.2, 0) is 5.75 Å². The second-order valence-electron chi connectivity index (χ2n) is 5.56. The van der Waals surface area contributed by atoms with E-state index in [2.05, 4.69) is 20.9 Å². The molecule has 0 atom stereocenters. The van der Waals surface area contributed by atoms with Crippen molar-refractivity contribution < 1.29 is 9.84 Å². The Morgan fingerprint density at radius 1 is 1.41 bits per heavy atom. The van der Waals surface area contributed by atoms with Crippen molar-refractivity contribution in [1.82, 2.24) is 9.97 Å². The van der Waals surface area contributed by atoms with Crippen LogP contribution in [0.3, 0.4) is 0 Å². The Morgan fingerprint density at radius 3 is 2.83 bits per heavy atom. The summed E-state index contributed by atoms with van der Waals surface area (Å²) in [5.41, 5.74) is 7.32. The van der Waals surface area contributed by atoms with E-state index in [1.165, 1.54) is 29.3 Å². The normalized spacial score (nSPS) is 10.3. The van der Waals surface area contributed by atoms with Crippen molar-refractivity contribution in [2.75, 3.05) is 18.9 Å². The maximum atomic E-state index is 9.81. The van der Waals surface area contributed by atoms with Gasteiger partial charge in [0.2, 0.25) is 11.6 Å². The molecule has 0 bridgehead atoms. The number of rotatable bonds is 7. The number of aromatic nitrogens is 2. The number of nitrogens with two attached hydrogens (primary N) is 1. The molecule has 7 nitrogen and oxygen atoms in total. The van der Waals surface area contributed by atoms with Crippen molar-refractivity contribution in [2.24, 2.45) is 0 Å². The van der Waals surface area contributed by atoms with Crippen LogP contribution in [0.1, 0.15) is 10.4 Å². The molecule has 0 radical (unpaired) electrons. The highest BCUT2D eigenvalue weighted by atomic mass is 35.5. The lowest BCUT2D eigenvalue weighted by Crippen LogP contribution is -2.03. The number of aliphatic hydroxyl groups is 1. The molecule has 0 spiro atoms. The first-order valence-corrected chi connectivity index (χ1v) is 10.5. The third kappa shape index (κ3) is 4.61. The van der Waals surface area contributed by atoms with E-state index in [1.807, 2.05) is 11.4 Å². The van der Waals surface area contributed by atoms with Gasteiger partial charge in [-0.15, -0.1) is 11.3 Å². The summed E-state index contributed by atoms with van der Waals surface area (Å²) >= 11 is 9.00. The van der Waals surface area contributed by atoms with Crippen molar-refractivity contribution in [3.05, 3.63) is 56.7 Å². The number of nitriles is 1. The van der Waals surface area contributed by atoms with Gasteiger partial charge in [0.05, 0.1) is 23.8 Å². The Morgan fingerprint density at radius 2 is 2.24 bits per heavy atom. The second kappa shape index (κ2) is 9.59. The van der Waals surface area contributed by atoms with Gasteiger partial charge in [0.1, 0.15) is 23.5 Å². The molecule has 0 saturated carbocycles. The number of nitrogen functional groups attached to an aromatic ring is 1. The molecule has 146 valence electrons. The Kier molecular flexibility index (Phi) is 6.91. The summed E-state index contributed by atoms with van der Waals surface area (Å²) in [5, 5.41) is 21.6. The average molecular weight is 444 g/mol. The van der Waals surface area contributed by atoms with E-state index in [0.717, 1.165) is 4.88 Å². The van der Waals surface area contributed by atoms with Crippen LogP contribution in [-0.4, -0.2) is 28.3 Å². The largest absolute Gasteiger partial charge is 0.475 e. The summed E-state index contributed by atoms with van der Waals surface area (Å²) < 4.78 is 5.26. The second-order valence-corrected chi connectivity index (χ2v) is 7.93. The predicted octanol–water partition coefficient (Wildman–Crippen LogP) is 4.53. The minimum atomic E-state index is -0.125. The minimum Gasteiger partial charge on any atom is -0.475 e. The molecule has 0 aromatic carbocycles. The lowest BCUT2D eigenvalue weighted by molar-refractivity contribution is 0.196. The Hall–Kier alpha value is -2.82. The molecule has 10 heteroatoms. The zero-order valence-electron chi connectivity index (χ0n) is 14.9. The van der Waals surface area contributed by atoms with Gasteiger partial charge in [-0.1, -0.05) is 23.4 Å². The number of pyridine rings is 2. The average Bonchev–Trinajstić information content (AvgIpc) is 3.15. The molecule has 29 heavy (non-hydrogen) atoms. The molecule has 3 aromatic rings. The van der Waals surface area contributed by atoms with E-state index >= 15 is 0 Å². The highest BCUT2D eigenvalue weighted by Crippen LogP contribution is 2.42. The van der Waals surface area contributed by atoms with E-state index < -0.39 is 0 Å². The lowest BCUT2D eigenvalue weighted by atomic mass is 10.0. The summed E-state index contributed by atoms with van der Waals surface area (Å²) in [6.07, 6.45) is 1.50. The van der Waals surface area contributed by atoms with E-state index in [-0.39, 0.29) is 30.3 Å². The molecule has 0 amide bonds. The third-order valence-corrected chi connectivity index (χ3v) is 6.36. The SMILES string of the molecule is [C-]#[N+]c1c(N)nc(SCc2sccc2Cl)c(C#N)c1-c1ccc(OCCO)nc1. The molecule has 0 unspecified atom stereocenters. The van der Waals surface area contributed by atoms with Crippen molar-refractivity contribution in [2.45, 2.75) is 10.8 Å². The van der Waals surface area contributed by atoms with Crippen LogP contribution in [0.5, 0.6) is 5.88 Å². The van der Waals surface area contributed by atoms with Gasteiger partial charge in [-0.2, -0.15) is 5.26 Å². The molecule has 3 N–H and O–H groups in total. The first kappa shape index (κ1) is 20.9. The van der Waals surface area contributed by atoms with Gasteiger partial charge in [-0.05, 0) is 23.1 Å². The van der Waals surface area contributed by atoms with Crippen LogP contribution in [0, 0.1) is 17.9 Å². The molecule has 0 aliphatic heterocycles. The molecule has 3 aromatic heterocycles. The highest BCUT2D eigenvalue weighted by molar-refractivity contribution is 7.98. The Labute approximate surface area is 180 Å². The van der Waals surface area contributed by atoms with E-state index in [1.54, 1.807) is 12.1 Å². The quantitative estimate of drug-likeness (QED) is 0.407. The van der Waals surface area contributed by atoms with Crippen molar-refractivity contribution in [3.63, 3.8) is 0 Å². The van der Waals surface area contributed by atoms with Crippen LogP contribution in [0.4, 0.5) is 11.5 Å². The van der Waals surface area contributed by atoms with Crippen LogP contribution in [0.25, 0.3) is 16.0 Å². The Bertz CT molecular complexity index is 1100. The lowest BCUT2D eigenvalue weighted by Gasteiger charge is -2.13. The molecule has 0 aliphatic rings.